The lowest BCUT2D eigenvalue weighted by Crippen LogP contribution is -2.44. The van der Waals surface area contributed by atoms with Gasteiger partial charge in [-0.15, -0.1) is 0 Å². The Bertz CT molecular complexity index is 1120. The van der Waals surface area contributed by atoms with Crippen molar-refractivity contribution in [2.45, 2.75) is 6.92 Å². The lowest BCUT2D eigenvalue weighted by Gasteiger charge is -2.34. The molecule has 2 aromatic carbocycles. The summed E-state index contributed by atoms with van der Waals surface area (Å²) in [5.41, 5.74) is 2.59. The second-order valence-corrected chi connectivity index (χ2v) is 8.16. The standard InChI is InChI=1S/C23H25ClN4O4/c1-3-25-23(31)21-20(22(32-26-21)16-12-17(24)19(30)13-18(16)29)14-4-6-15(7-5-14)28-10-8-27(2)9-11-28/h4-7,12-13,29-30H,3,8-11H2,1-2H3,(H,25,31)/i2-1. The summed E-state index contributed by atoms with van der Waals surface area (Å²) in [5, 5.41) is 27.0. The van der Waals surface area contributed by atoms with Gasteiger partial charge in [0.1, 0.15) is 11.5 Å². The van der Waals surface area contributed by atoms with Crippen molar-refractivity contribution in [2.24, 2.45) is 0 Å². The molecule has 3 aromatic rings. The van der Waals surface area contributed by atoms with E-state index in [0.717, 1.165) is 37.9 Å². The van der Waals surface area contributed by atoms with E-state index < -0.39 is 0 Å². The second kappa shape index (κ2) is 9.10. The molecule has 32 heavy (non-hydrogen) atoms. The van der Waals surface area contributed by atoms with Crippen LogP contribution in [0.15, 0.2) is 40.9 Å². The number of piperazine rings is 1. The third kappa shape index (κ3) is 4.24. The van der Waals surface area contributed by atoms with Gasteiger partial charge in [0, 0.05) is 44.5 Å². The maximum absolute atomic E-state index is 12.7. The van der Waals surface area contributed by atoms with Gasteiger partial charge in [-0.05, 0) is 37.7 Å². The number of hydrogen-bond acceptors (Lipinski definition) is 7. The first-order chi connectivity index (χ1) is 15.4. The van der Waals surface area contributed by atoms with Crippen LogP contribution >= 0.6 is 11.6 Å². The fourth-order valence-corrected chi connectivity index (χ4v) is 3.94. The smallest absolute Gasteiger partial charge is 0.274 e. The number of phenols is 2. The molecule has 1 aliphatic rings. The normalized spacial score (nSPS) is 14.5. The van der Waals surface area contributed by atoms with Gasteiger partial charge in [-0.2, -0.15) is 0 Å². The van der Waals surface area contributed by atoms with Crippen LogP contribution in [0.5, 0.6) is 11.5 Å². The number of nitrogens with zero attached hydrogens (tertiary/aromatic N) is 3. The molecule has 0 bridgehead atoms. The molecule has 9 heteroatoms. The minimum atomic E-state index is -0.384. The Hall–Kier alpha value is -3.23. The highest BCUT2D eigenvalue weighted by molar-refractivity contribution is 6.32. The highest BCUT2D eigenvalue weighted by Gasteiger charge is 2.26. The molecule has 2 heterocycles. The van der Waals surface area contributed by atoms with Crippen molar-refractivity contribution in [2.75, 3.05) is 44.7 Å². The van der Waals surface area contributed by atoms with Crippen LogP contribution in [0.25, 0.3) is 22.5 Å². The van der Waals surface area contributed by atoms with E-state index in [0.29, 0.717) is 17.7 Å². The van der Waals surface area contributed by atoms with E-state index in [2.05, 4.69) is 27.3 Å². The molecule has 168 valence electrons. The number of amides is 1. The fraction of sp³-hybridized carbons (Fsp3) is 0.304. The van der Waals surface area contributed by atoms with Gasteiger partial charge in [0.2, 0.25) is 0 Å². The number of halogens is 1. The molecule has 3 N–H and O–H groups in total. The largest absolute Gasteiger partial charge is 0.507 e. The molecule has 0 atom stereocenters. The molecule has 0 spiro atoms. The lowest BCUT2D eigenvalue weighted by atomic mass is 9.98. The number of aromatic nitrogens is 1. The molecular formula is C23H25ClN4O4. The van der Waals surface area contributed by atoms with Gasteiger partial charge >= 0.3 is 0 Å². The average Bonchev–Trinajstić information content (AvgIpc) is 3.22. The van der Waals surface area contributed by atoms with Crippen molar-refractivity contribution in [1.82, 2.24) is 15.4 Å². The summed E-state index contributed by atoms with van der Waals surface area (Å²) in [6.07, 6.45) is 0. The molecule has 4 rings (SSSR count). The van der Waals surface area contributed by atoms with Crippen LogP contribution in [-0.4, -0.2) is 65.9 Å². The van der Waals surface area contributed by atoms with Crippen molar-refractivity contribution < 1.29 is 19.5 Å². The third-order valence-electron chi connectivity index (χ3n) is 5.58. The van der Waals surface area contributed by atoms with Gasteiger partial charge in [-0.1, -0.05) is 28.9 Å². The fourth-order valence-electron chi connectivity index (χ4n) is 3.78. The van der Waals surface area contributed by atoms with Crippen LogP contribution in [0.3, 0.4) is 0 Å². The lowest BCUT2D eigenvalue weighted by molar-refractivity contribution is 0.0947. The molecule has 1 fully saturated rings. The topological polar surface area (TPSA) is 102 Å². The number of phenolic OH excluding ortho intramolecular Hbond substituents is 2. The maximum Gasteiger partial charge on any atom is 0.274 e. The van der Waals surface area contributed by atoms with Gasteiger partial charge in [0.25, 0.3) is 5.91 Å². The SMILES string of the molecule is CCNC(=O)c1noc(-c2cc(Cl)c(O)cc2O)c1-c1ccc(N2CCN([11CH3])CC2)cc1. The Morgan fingerprint density at radius 3 is 2.47 bits per heavy atom. The highest BCUT2D eigenvalue weighted by atomic mass is 35.5. The van der Waals surface area contributed by atoms with E-state index in [1.807, 2.05) is 31.2 Å². The number of aromatic hydroxyl groups is 2. The number of rotatable bonds is 5. The molecule has 0 radical (unpaired) electrons. The maximum atomic E-state index is 12.7. The summed E-state index contributed by atoms with van der Waals surface area (Å²) in [6.45, 7) is 6.13. The van der Waals surface area contributed by atoms with Gasteiger partial charge < -0.3 is 29.9 Å². The van der Waals surface area contributed by atoms with Gasteiger partial charge in [-0.3, -0.25) is 4.79 Å². The molecule has 0 unspecified atom stereocenters. The zero-order chi connectivity index (χ0) is 22.8. The minimum absolute atomic E-state index is 0.0464. The monoisotopic (exact) mass is 455 g/mol. The summed E-state index contributed by atoms with van der Waals surface area (Å²) in [4.78, 5) is 17.3. The summed E-state index contributed by atoms with van der Waals surface area (Å²) >= 11 is 6.06. The van der Waals surface area contributed by atoms with Crippen LogP contribution in [0.4, 0.5) is 5.69 Å². The molecule has 1 aromatic heterocycles. The van der Waals surface area contributed by atoms with Crippen molar-refractivity contribution in [1.29, 1.82) is 0 Å². The first-order valence-corrected chi connectivity index (χ1v) is 10.8. The zero-order valence-corrected chi connectivity index (χ0v) is 18.7. The second-order valence-electron chi connectivity index (χ2n) is 7.75. The Labute approximate surface area is 191 Å². The van der Waals surface area contributed by atoms with Gasteiger partial charge in [0.05, 0.1) is 16.1 Å². The predicted molar refractivity (Wildman–Crippen MR) is 123 cm³/mol. The van der Waals surface area contributed by atoms with Crippen molar-refractivity contribution in [3.63, 3.8) is 0 Å². The van der Waals surface area contributed by atoms with E-state index >= 15 is 0 Å². The van der Waals surface area contributed by atoms with Crippen molar-refractivity contribution in [3.05, 3.63) is 47.1 Å². The average molecular weight is 456 g/mol. The van der Waals surface area contributed by atoms with Crippen LogP contribution in [0.1, 0.15) is 17.4 Å². The summed E-state index contributed by atoms with van der Waals surface area (Å²) in [7, 11) is 2.11. The molecule has 8 nitrogen and oxygen atoms in total. The number of carbonyl (C=O) groups is 1. The summed E-state index contributed by atoms with van der Waals surface area (Å²) in [6, 6.07) is 10.3. The first-order valence-electron chi connectivity index (χ1n) is 10.4. The van der Waals surface area contributed by atoms with Crippen LogP contribution in [0, 0.1) is 0 Å². The van der Waals surface area contributed by atoms with E-state index in [4.69, 9.17) is 16.1 Å². The Morgan fingerprint density at radius 1 is 1.12 bits per heavy atom. The number of nitrogens with one attached hydrogen (secondary N) is 1. The Morgan fingerprint density at radius 2 is 1.81 bits per heavy atom. The minimum Gasteiger partial charge on any atom is -0.507 e. The molecule has 1 amide bonds. The molecule has 0 aliphatic carbocycles. The van der Waals surface area contributed by atoms with Crippen molar-refractivity contribution >= 4 is 23.2 Å². The van der Waals surface area contributed by atoms with E-state index in [1.54, 1.807) is 0 Å². The quantitative estimate of drug-likeness (QED) is 0.540. The number of carbonyl (C=O) groups excluding carboxylic acids is 1. The number of benzene rings is 2. The van der Waals surface area contributed by atoms with Crippen LogP contribution in [0.2, 0.25) is 5.02 Å². The van der Waals surface area contributed by atoms with Gasteiger partial charge in [0.15, 0.2) is 11.5 Å². The molecule has 1 saturated heterocycles. The molecule has 1 aliphatic heterocycles. The van der Waals surface area contributed by atoms with E-state index in [-0.39, 0.29) is 39.4 Å². The summed E-state index contributed by atoms with van der Waals surface area (Å²) < 4.78 is 5.51. The van der Waals surface area contributed by atoms with Gasteiger partial charge in [-0.25, -0.2) is 0 Å². The predicted octanol–water partition coefficient (Wildman–Crippen LogP) is 3.57. The molecule has 0 saturated carbocycles. The van der Waals surface area contributed by atoms with Crippen LogP contribution in [-0.2, 0) is 0 Å². The highest BCUT2D eigenvalue weighted by Crippen LogP contribution is 2.43. The Kier molecular flexibility index (Phi) is 6.25. The zero-order valence-electron chi connectivity index (χ0n) is 17.9. The summed E-state index contributed by atoms with van der Waals surface area (Å²) in [5.74, 6) is -0.682. The first kappa shape index (κ1) is 22.0. The Balaban J connectivity index is 1.77. The molecular weight excluding hydrogens is 431 g/mol. The number of likely N-dealkylation sites (N-methyl/N-ethyl adjacent to an activating group) is 1. The van der Waals surface area contributed by atoms with E-state index in [9.17, 15) is 15.0 Å². The van der Waals surface area contributed by atoms with Crippen molar-refractivity contribution in [3.8, 4) is 33.9 Å². The number of anilines is 1. The third-order valence-corrected chi connectivity index (χ3v) is 5.88. The van der Waals surface area contributed by atoms with Crippen LogP contribution < -0.4 is 10.2 Å². The number of hydrogen-bond donors (Lipinski definition) is 3. The van der Waals surface area contributed by atoms with E-state index in [1.165, 1.54) is 6.07 Å².